The first-order chi connectivity index (χ1) is 36.4. The molecule has 0 heterocycles. The smallest absolute Gasteiger partial charge is 0.310 e. The van der Waals surface area contributed by atoms with Gasteiger partial charge in [0.05, 0.1) is 27.2 Å². The molecule has 3 aliphatic carbocycles. The third-order valence-electron chi connectivity index (χ3n) is 16.4. The summed E-state index contributed by atoms with van der Waals surface area (Å²) in [5.74, 6) is -1.80. The topological polar surface area (TPSA) is 173 Å². The molecule has 3 aliphatic rings. The van der Waals surface area contributed by atoms with E-state index >= 15 is 0 Å². The molecule has 1 fully saturated rings. The number of fused-ring (bicyclic) bond motifs is 8. The van der Waals surface area contributed by atoms with Crippen molar-refractivity contribution in [1.82, 2.24) is 5.32 Å². The molecule has 7 atom stereocenters. The van der Waals surface area contributed by atoms with Gasteiger partial charge in [0, 0.05) is 50.4 Å². The van der Waals surface area contributed by atoms with E-state index < -0.39 is 41.4 Å². The molecule has 0 amide bonds. The van der Waals surface area contributed by atoms with Gasteiger partial charge in [-0.1, -0.05) is 72.8 Å². The van der Waals surface area contributed by atoms with Gasteiger partial charge in [-0.05, 0) is 178 Å². The molecule has 0 radical (unpaired) electrons. The summed E-state index contributed by atoms with van der Waals surface area (Å²) >= 11 is 0. The summed E-state index contributed by atoms with van der Waals surface area (Å²) in [4.78, 5) is 28.2. The summed E-state index contributed by atoms with van der Waals surface area (Å²) in [5, 5.41) is 52.8. The molecule has 7 aromatic rings. The number of carbonyl (C=O) groups excluding carboxylic acids is 2. The van der Waals surface area contributed by atoms with Crippen LogP contribution < -0.4 is 14.8 Å². The number of benzene rings is 7. The second-order valence-corrected chi connectivity index (χ2v) is 20.6. The predicted molar refractivity (Wildman–Crippen MR) is 289 cm³/mol. The number of ether oxygens (including phenoxy) is 5. The van der Waals surface area contributed by atoms with Crippen LogP contribution >= 0.6 is 0 Å². The number of carbonyl (C=O) groups is 2. The Hall–Kier alpha value is -7.12. The molecule has 0 unspecified atom stereocenters. The average Bonchev–Trinajstić information content (AvgIpc) is 3.41. The highest BCUT2D eigenvalue weighted by atomic mass is 16.6. The second kappa shape index (κ2) is 22.0. The maximum absolute atomic E-state index is 14.7. The summed E-state index contributed by atoms with van der Waals surface area (Å²) < 4.78 is 30.2. The van der Waals surface area contributed by atoms with Crippen molar-refractivity contribution in [2.75, 3.05) is 40.6 Å². The maximum atomic E-state index is 14.7. The van der Waals surface area contributed by atoms with Gasteiger partial charge in [0.2, 0.25) is 0 Å². The Kier molecular flexibility index (Phi) is 15.1. The summed E-state index contributed by atoms with van der Waals surface area (Å²) in [7, 11) is 3.04. The highest BCUT2D eigenvalue weighted by Gasteiger charge is 2.62. The average molecular weight is 1010 g/mol. The monoisotopic (exact) mass is 1010 g/mol. The fourth-order valence-electron chi connectivity index (χ4n) is 13.4. The molecule has 0 bridgehead atoms. The Morgan fingerprint density at radius 2 is 1.52 bits per heavy atom. The lowest BCUT2D eigenvalue weighted by atomic mass is 9.44. The van der Waals surface area contributed by atoms with Crippen LogP contribution in [0.15, 0.2) is 121 Å². The number of rotatable bonds is 16. The first-order valence-electron chi connectivity index (χ1n) is 26.3. The molecule has 12 nitrogen and oxygen atoms in total. The van der Waals surface area contributed by atoms with Crippen molar-refractivity contribution in [3.8, 4) is 39.9 Å². The minimum Gasteiger partial charge on any atom is -0.508 e. The standard InChI is InChI=1S/C63H67NO11/c1-5-73-21-9-20-64-35-39-10-8-13-42(22-39)50-30-47(67)26-43-15-14-38(23-49(43)50)24-62(70)75-48-31-53-51-34-61(72-4)57(68)28-44(51)17-19-54(53)63(46-18-16-40-11-6-7-12-41(40)25-46)55(59(32-48)74-37(2)66)27-45-29-60(71-3)58(69)33-52(45)56(63)36-65/h6-8,10-16,18,22-23,25-26,28-30,33-34,48,53-56,59,64-65,67-69H,5,9,17,19-21,24,27,31-32,35-36H2,1-4H3/t48-,53-,54-,55+,56-,59+,63-/m0/s1. The maximum Gasteiger partial charge on any atom is 0.310 e. The highest BCUT2D eigenvalue weighted by Crippen LogP contribution is 2.65. The molecule has 0 saturated heterocycles. The highest BCUT2D eigenvalue weighted by molar-refractivity contribution is 5.98. The summed E-state index contributed by atoms with van der Waals surface area (Å²) in [5.41, 5.74) is 7.22. The molecule has 390 valence electrons. The number of hydrogen-bond donors (Lipinski definition) is 5. The van der Waals surface area contributed by atoms with Crippen LogP contribution in [-0.4, -0.2) is 85.2 Å². The number of aliphatic hydroxyl groups excluding tert-OH is 1. The van der Waals surface area contributed by atoms with E-state index in [4.69, 9.17) is 23.7 Å². The molecule has 1 saturated carbocycles. The zero-order chi connectivity index (χ0) is 52.4. The van der Waals surface area contributed by atoms with Crippen molar-refractivity contribution in [3.63, 3.8) is 0 Å². The van der Waals surface area contributed by atoms with Crippen molar-refractivity contribution in [3.05, 3.63) is 160 Å². The van der Waals surface area contributed by atoms with Gasteiger partial charge in [-0.25, -0.2) is 0 Å². The molecule has 75 heavy (non-hydrogen) atoms. The zero-order valence-corrected chi connectivity index (χ0v) is 43.1. The van der Waals surface area contributed by atoms with Crippen LogP contribution in [0.25, 0.3) is 32.7 Å². The van der Waals surface area contributed by atoms with Crippen molar-refractivity contribution >= 4 is 33.5 Å². The van der Waals surface area contributed by atoms with Gasteiger partial charge < -0.3 is 49.4 Å². The lowest BCUT2D eigenvalue weighted by Crippen LogP contribution is -2.60. The summed E-state index contributed by atoms with van der Waals surface area (Å²) in [6.45, 7) is 6.02. The molecule has 0 spiro atoms. The van der Waals surface area contributed by atoms with E-state index in [-0.39, 0.29) is 48.5 Å². The third kappa shape index (κ3) is 10.1. The van der Waals surface area contributed by atoms with Gasteiger partial charge in [-0.15, -0.1) is 0 Å². The predicted octanol–water partition coefficient (Wildman–Crippen LogP) is 10.7. The van der Waals surface area contributed by atoms with E-state index in [9.17, 15) is 30.0 Å². The minimum absolute atomic E-state index is 0.0346. The van der Waals surface area contributed by atoms with E-state index in [0.717, 1.165) is 84.6 Å². The van der Waals surface area contributed by atoms with E-state index in [0.29, 0.717) is 56.9 Å². The van der Waals surface area contributed by atoms with Gasteiger partial charge in [0.15, 0.2) is 23.0 Å². The third-order valence-corrected chi connectivity index (χ3v) is 16.4. The fourth-order valence-corrected chi connectivity index (χ4v) is 13.4. The Morgan fingerprint density at radius 3 is 2.31 bits per heavy atom. The normalized spacial score (nSPS) is 21.9. The number of nitrogens with one attached hydrogen (secondary N) is 1. The number of hydrogen-bond acceptors (Lipinski definition) is 12. The van der Waals surface area contributed by atoms with Crippen LogP contribution in [0.1, 0.15) is 90.3 Å². The van der Waals surface area contributed by atoms with E-state index in [2.05, 4.69) is 47.8 Å². The van der Waals surface area contributed by atoms with Crippen LogP contribution in [0.2, 0.25) is 0 Å². The first-order valence-corrected chi connectivity index (χ1v) is 26.3. The number of aryl methyl sites for hydroxylation is 1. The van der Waals surface area contributed by atoms with Crippen molar-refractivity contribution in [1.29, 1.82) is 0 Å². The molecule has 0 aliphatic heterocycles. The Bertz CT molecular complexity index is 3240. The van der Waals surface area contributed by atoms with Crippen molar-refractivity contribution in [2.45, 2.75) is 94.8 Å². The molecule has 0 aromatic heterocycles. The Morgan fingerprint density at radius 1 is 0.733 bits per heavy atom. The van der Waals surface area contributed by atoms with Gasteiger partial charge in [-0.3, -0.25) is 9.59 Å². The van der Waals surface area contributed by atoms with Crippen LogP contribution in [0.4, 0.5) is 0 Å². The number of phenols is 3. The van der Waals surface area contributed by atoms with E-state index in [1.54, 1.807) is 24.3 Å². The zero-order valence-electron chi connectivity index (χ0n) is 43.1. The van der Waals surface area contributed by atoms with Crippen LogP contribution in [0.5, 0.6) is 28.7 Å². The van der Waals surface area contributed by atoms with Crippen LogP contribution in [0.3, 0.4) is 0 Å². The van der Waals surface area contributed by atoms with Gasteiger partial charge >= 0.3 is 11.9 Å². The SMILES string of the molecule is CCOCCCNCc1cccc(-c2cc(O)cc3ccc(CC(=O)O[C@@H]4C[C@@H](OC(C)=O)[C@H]5Cc6cc(OC)c(O)cc6[C@H](CO)[C@@]5(c5ccc6ccccc6c5)[C@H]5CCc6cc(O)c(OC)cc6[C@@H]5C4)cc23)c1. The Labute approximate surface area is 438 Å². The molecule has 7 aromatic carbocycles. The molecular weight excluding hydrogens is 947 g/mol. The van der Waals surface area contributed by atoms with Crippen LogP contribution in [-0.2, 0) is 55.0 Å². The van der Waals surface area contributed by atoms with Crippen molar-refractivity contribution < 1.29 is 53.7 Å². The number of aromatic hydroxyl groups is 3. The van der Waals surface area contributed by atoms with Crippen LogP contribution in [0, 0.1) is 11.8 Å². The molecule has 5 N–H and O–H groups in total. The molecular formula is C63H67NO11. The molecule has 12 heteroatoms. The van der Waals surface area contributed by atoms with E-state index in [1.165, 1.54) is 21.1 Å². The lowest BCUT2D eigenvalue weighted by Gasteiger charge is -2.60. The largest absolute Gasteiger partial charge is 0.508 e. The van der Waals surface area contributed by atoms with Crippen molar-refractivity contribution in [2.24, 2.45) is 11.8 Å². The number of methoxy groups -OCH3 is 2. The second-order valence-electron chi connectivity index (χ2n) is 20.6. The number of esters is 2. The number of phenolic OH excluding ortho intramolecular Hbond substituents is 3. The quantitative estimate of drug-likeness (QED) is 0.0459. The lowest BCUT2D eigenvalue weighted by molar-refractivity contribution is -0.164. The molecule has 10 rings (SSSR count). The number of aliphatic hydroxyl groups is 1. The summed E-state index contributed by atoms with van der Waals surface area (Å²) in [6, 6.07) is 39.4. The minimum atomic E-state index is -0.924. The van der Waals surface area contributed by atoms with Gasteiger partial charge in [0.1, 0.15) is 18.0 Å². The van der Waals surface area contributed by atoms with Gasteiger partial charge in [0.25, 0.3) is 0 Å². The van der Waals surface area contributed by atoms with Gasteiger partial charge in [-0.2, -0.15) is 0 Å². The van der Waals surface area contributed by atoms with E-state index in [1.807, 2.05) is 61.5 Å². The Balaban J connectivity index is 1.05. The fraction of sp³-hybridized carbons (Fsp3) is 0.365. The first kappa shape index (κ1) is 51.4. The summed E-state index contributed by atoms with van der Waals surface area (Å²) in [6.07, 6.45) is 1.46.